The van der Waals surface area contributed by atoms with Gasteiger partial charge in [-0.2, -0.15) is 10.3 Å². The summed E-state index contributed by atoms with van der Waals surface area (Å²) < 4.78 is 0. The van der Waals surface area contributed by atoms with Gasteiger partial charge in [-0.05, 0) is 62.1 Å². The van der Waals surface area contributed by atoms with Crippen LogP contribution in [0.1, 0.15) is 110 Å². The van der Waals surface area contributed by atoms with Gasteiger partial charge in [-0.3, -0.25) is 9.97 Å². The average Bonchev–Trinajstić information content (AvgIpc) is 3.17. The van der Waals surface area contributed by atoms with Crippen molar-refractivity contribution in [1.29, 1.82) is 5.26 Å². The normalized spacial score (nSPS) is 9.55. The Labute approximate surface area is 352 Å². The van der Waals surface area contributed by atoms with Crippen LogP contribution in [0.15, 0.2) is 48.8 Å². The number of nitrogens with zero attached hydrogens (tertiary/aromatic N) is 8. The molecule has 3 rings (SSSR count). The Balaban J connectivity index is 0. The van der Waals surface area contributed by atoms with E-state index in [2.05, 4.69) is 79.7 Å². The van der Waals surface area contributed by atoms with Gasteiger partial charge in [0.05, 0.1) is 39.5 Å². The number of aromatic nitrogens is 3. The van der Waals surface area contributed by atoms with Crippen molar-refractivity contribution < 1.29 is 48.6 Å². The Kier molecular flexibility index (Phi) is 31.8. The molecule has 0 saturated carbocycles. The summed E-state index contributed by atoms with van der Waals surface area (Å²) in [4.78, 5) is 63.3. The van der Waals surface area contributed by atoms with Crippen LogP contribution in [0.2, 0.25) is 0 Å². The standard InChI is InChI=1S/C34H45N5O6.CHNS.2CNS.Ru/c1-5-9-17-38(18-10-6-2)44-33(42)26-14-16-36-29(22-26)31-24-27(34(43)45-39(19-11-7-3)20-12-8-4)23-30(37-31)28-21-25(32(40)41)13-15-35-28;3*2-1-3;/h13-16,21-24H,5-12,17-20H2,1-4H3,(H,40,41);3H;;;/q;;2*-1;+3/p-1. The Morgan fingerprint density at radius 3 is 1.36 bits per heavy atom. The molecule has 1 N–H and O–H groups in total. The zero-order valence-corrected chi connectivity index (χ0v) is 35.4. The molecule has 3 heterocycles. The molecule has 0 aliphatic rings. The van der Waals surface area contributed by atoms with Crippen LogP contribution < -0.4 is 0 Å². The van der Waals surface area contributed by atoms with Crippen molar-refractivity contribution in [3.63, 3.8) is 0 Å². The predicted molar refractivity (Wildman–Crippen MR) is 216 cm³/mol. The van der Waals surface area contributed by atoms with Gasteiger partial charge >= 0.3 is 37.4 Å². The molecule has 0 fully saturated rings. The minimum absolute atomic E-state index is 0. The van der Waals surface area contributed by atoms with Gasteiger partial charge in [0.2, 0.25) is 0 Å². The molecule has 0 aliphatic heterocycles. The zero-order valence-electron chi connectivity index (χ0n) is 31.2. The topological polar surface area (TPSA) is 203 Å². The smallest absolute Gasteiger partial charge is 0.753 e. The van der Waals surface area contributed by atoms with Crippen molar-refractivity contribution in [2.45, 2.75) is 79.1 Å². The van der Waals surface area contributed by atoms with Crippen molar-refractivity contribution >= 4 is 65.3 Å². The van der Waals surface area contributed by atoms with E-state index in [0.29, 0.717) is 37.6 Å². The summed E-state index contributed by atoms with van der Waals surface area (Å²) in [5, 5.41) is 38.3. The van der Waals surface area contributed by atoms with Crippen molar-refractivity contribution in [3.05, 3.63) is 76.3 Å². The first-order valence-corrected chi connectivity index (χ1v) is 18.4. The van der Waals surface area contributed by atoms with E-state index in [1.54, 1.807) is 28.3 Å². The predicted octanol–water partition coefficient (Wildman–Crippen LogP) is 8.18. The van der Waals surface area contributed by atoms with E-state index in [9.17, 15) is 19.5 Å². The third-order valence-electron chi connectivity index (χ3n) is 7.06. The summed E-state index contributed by atoms with van der Waals surface area (Å²) >= 11 is 11.1. The van der Waals surface area contributed by atoms with Gasteiger partial charge in [0.1, 0.15) is 0 Å². The van der Waals surface area contributed by atoms with E-state index in [1.165, 1.54) is 46.3 Å². The fourth-order valence-electron chi connectivity index (χ4n) is 4.40. The van der Waals surface area contributed by atoms with E-state index in [4.69, 9.17) is 25.8 Å². The molecular formula is C37H45N8O6RuS3. The Bertz CT molecular complexity index is 1690. The molecule has 1 radical (unpaired) electrons. The number of unbranched alkanes of at least 4 members (excludes halogenated alkanes) is 4. The molecule has 0 atom stereocenters. The van der Waals surface area contributed by atoms with Crippen LogP contribution in [0.4, 0.5) is 0 Å². The van der Waals surface area contributed by atoms with Crippen LogP contribution in [0.25, 0.3) is 33.6 Å². The van der Waals surface area contributed by atoms with Crippen molar-refractivity contribution in [2.24, 2.45) is 0 Å². The van der Waals surface area contributed by atoms with Crippen LogP contribution in [0.3, 0.4) is 0 Å². The third-order valence-corrected chi connectivity index (χ3v) is 7.06. The van der Waals surface area contributed by atoms with Gasteiger partial charge in [0.15, 0.2) is 0 Å². The second-order valence-electron chi connectivity index (χ2n) is 11.1. The van der Waals surface area contributed by atoms with Crippen LogP contribution in [0.5, 0.6) is 0 Å². The fourth-order valence-corrected chi connectivity index (χ4v) is 4.40. The van der Waals surface area contributed by atoms with Crippen LogP contribution in [-0.2, 0) is 41.8 Å². The summed E-state index contributed by atoms with van der Waals surface area (Å²) in [6, 6.07) is 8.98. The molecule has 3 aromatic rings. The minimum Gasteiger partial charge on any atom is -0.753 e. The van der Waals surface area contributed by atoms with Crippen molar-refractivity contribution in [1.82, 2.24) is 25.1 Å². The monoisotopic (exact) mass is 895 g/mol. The first-order valence-electron chi connectivity index (χ1n) is 17.2. The summed E-state index contributed by atoms with van der Waals surface area (Å²) in [6.45, 7) is 10.8. The molecule has 3 aromatic heterocycles. The number of carbonyl (C=O) groups is 3. The number of nitriles is 1. The Hall–Kier alpha value is -4.29. The molecular weight excluding hydrogens is 850 g/mol. The van der Waals surface area contributed by atoms with E-state index < -0.39 is 17.9 Å². The van der Waals surface area contributed by atoms with Gasteiger partial charge in [0, 0.05) is 38.6 Å². The van der Waals surface area contributed by atoms with Gasteiger partial charge in [-0.1, -0.05) is 83.2 Å². The van der Waals surface area contributed by atoms with E-state index in [-0.39, 0.29) is 47.6 Å². The number of hydrogen-bond acceptors (Lipinski definition) is 14. The third kappa shape index (κ3) is 22.0. The van der Waals surface area contributed by atoms with E-state index >= 15 is 0 Å². The Morgan fingerprint density at radius 2 is 1.02 bits per heavy atom. The van der Waals surface area contributed by atoms with Crippen molar-refractivity contribution in [2.75, 3.05) is 26.2 Å². The number of aromatic carboxylic acids is 1. The molecule has 0 unspecified atom stereocenters. The first-order chi connectivity index (χ1) is 26.0. The van der Waals surface area contributed by atoms with E-state index in [1.807, 2.05) is 0 Å². The molecule has 0 aromatic carbocycles. The van der Waals surface area contributed by atoms with Crippen LogP contribution in [-0.4, -0.2) is 84.6 Å². The molecule has 0 amide bonds. The summed E-state index contributed by atoms with van der Waals surface area (Å²) in [5.41, 5.74) is 1.65. The number of carboxylic acids is 1. The maximum Gasteiger partial charge on any atom is 3.00 e. The molecule has 0 spiro atoms. The number of thiocarbonyl (C=S) groups is 2. The number of rotatable bonds is 19. The van der Waals surface area contributed by atoms with Gasteiger partial charge < -0.3 is 38.2 Å². The van der Waals surface area contributed by atoms with Gasteiger partial charge in [0.25, 0.3) is 0 Å². The van der Waals surface area contributed by atoms with Gasteiger partial charge in [-0.15, -0.1) is 10.1 Å². The van der Waals surface area contributed by atoms with Gasteiger partial charge in [-0.25, -0.2) is 24.6 Å². The number of carboxylic acid groups (broad SMARTS) is 1. The maximum atomic E-state index is 13.5. The largest absolute Gasteiger partial charge is 3.00 e. The molecule has 14 nitrogen and oxygen atoms in total. The summed E-state index contributed by atoms with van der Waals surface area (Å²) in [5.74, 6) is -2.21. The average molecular weight is 895 g/mol. The number of isothiocyanates is 2. The fraction of sp³-hybridized carbons (Fsp3) is 0.432. The molecule has 0 aliphatic carbocycles. The van der Waals surface area contributed by atoms with E-state index in [0.717, 1.165) is 51.4 Å². The second kappa shape index (κ2) is 33.1. The summed E-state index contributed by atoms with van der Waals surface area (Å²) in [6.07, 6.45) is 10.3. The summed E-state index contributed by atoms with van der Waals surface area (Å²) in [7, 11) is 0. The minimum atomic E-state index is -1.11. The van der Waals surface area contributed by atoms with Crippen LogP contribution >= 0.6 is 24.4 Å². The Morgan fingerprint density at radius 1 is 0.709 bits per heavy atom. The number of carbonyl (C=O) groups excluding carboxylic acids is 2. The van der Waals surface area contributed by atoms with Crippen LogP contribution in [0, 0.1) is 10.7 Å². The molecule has 18 heteroatoms. The number of hydrogen-bond donors (Lipinski definition) is 1. The number of hydroxylamine groups is 4. The first kappa shape index (κ1) is 52.8. The molecule has 0 saturated heterocycles. The molecule has 295 valence electrons. The zero-order chi connectivity index (χ0) is 40.7. The molecule has 55 heavy (non-hydrogen) atoms. The number of thiocyanates is 1. The molecule has 0 bridgehead atoms. The van der Waals surface area contributed by atoms with Crippen molar-refractivity contribution in [3.8, 4) is 28.2 Å². The number of pyridine rings is 3. The quantitative estimate of drug-likeness (QED) is 0.0301. The maximum absolute atomic E-state index is 13.5. The SMILES string of the molecule is CCCCN(CCCC)OC(=O)c1ccnc(-c2cc(C(=O)ON(CCCC)CCCC)cc(-c3cc(C(=O)O)ccn3)n2)c1.N#C[S-].[N-]=C=S.[N-]=C=S.[Ru+3]. The second-order valence-corrected chi connectivity index (χ2v) is 11.6.